The fourth-order valence-electron chi connectivity index (χ4n) is 1.82. The molecule has 3 rings (SSSR count). The van der Waals surface area contributed by atoms with Crippen molar-refractivity contribution >= 4 is 23.1 Å². The van der Waals surface area contributed by atoms with Crippen LogP contribution in [-0.2, 0) is 6.54 Å². The second-order valence-electron chi connectivity index (χ2n) is 4.18. The van der Waals surface area contributed by atoms with E-state index in [9.17, 15) is 0 Å². The van der Waals surface area contributed by atoms with Crippen LogP contribution in [0.2, 0.25) is 5.02 Å². The average Bonchev–Trinajstić information content (AvgIpc) is 2.79. The molecule has 3 aromatic rings. The van der Waals surface area contributed by atoms with E-state index in [1.807, 2.05) is 43.3 Å². The summed E-state index contributed by atoms with van der Waals surface area (Å²) < 4.78 is 1.70. The summed E-state index contributed by atoms with van der Waals surface area (Å²) in [4.78, 5) is 0. The molecule has 2 heterocycles. The summed E-state index contributed by atoms with van der Waals surface area (Å²) in [5, 5.41) is 16.4. The highest BCUT2D eigenvalue weighted by Crippen LogP contribution is 2.16. The molecular formula is C13H12ClN5. The Labute approximate surface area is 115 Å². The van der Waals surface area contributed by atoms with Crippen molar-refractivity contribution in [3.63, 3.8) is 0 Å². The average molecular weight is 274 g/mol. The van der Waals surface area contributed by atoms with E-state index in [1.165, 1.54) is 0 Å². The minimum atomic E-state index is 0.624. The first kappa shape index (κ1) is 11.9. The third-order valence-corrected chi connectivity index (χ3v) is 3.21. The van der Waals surface area contributed by atoms with Gasteiger partial charge in [-0.3, -0.25) is 0 Å². The van der Waals surface area contributed by atoms with Crippen molar-refractivity contribution in [2.24, 2.45) is 0 Å². The molecule has 1 aromatic carbocycles. The van der Waals surface area contributed by atoms with Gasteiger partial charge in [0.05, 0.1) is 0 Å². The molecule has 0 aliphatic rings. The number of hydrogen-bond acceptors (Lipinski definition) is 4. The standard InChI is InChI=1S/C13H12ClN5/c1-9-16-17-13-7-6-12(18-19(9)13)15-8-10-4-2-3-5-11(10)14/h2-7H,8H2,1H3,(H,15,18). The predicted molar refractivity (Wildman–Crippen MR) is 74.3 cm³/mol. The van der Waals surface area contributed by atoms with Crippen LogP contribution in [0.4, 0.5) is 5.82 Å². The summed E-state index contributed by atoms with van der Waals surface area (Å²) in [5.74, 6) is 1.52. The van der Waals surface area contributed by atoms with E-state index in [2.05, 4.69) is 20.6 Å². The fraction of sp³-hybridized carbons (Fsp3) is 0.154. The van der Waals surface area contributed by atoms with E-state index in [1.54, 1.807) is 4.52 Å². The van der Waals surface area contributed by atoms with Gasteiger partial charge in [0.15, 0.2) is 11.5 Å². The number of fused-ring (bicyclic) bond motifs is 1. The molecule has 0 aliphatic carbocycles. The number of aryl methyl sites for hydroxylation is 1. The van der Waals surface area contributed by atoms with Crippen LogP contribution in [0.15, 0.2) is 36.4 Å². The topological polar surface area (TPSA) is 55.1 Å². The molecule has 2 aromatic heterocycles. The molecule has 0 atom stereocenters. The highest BCUT2D eigenvalue weighted by molar-refractivity contribution is 6.31. The Morgan fingerprint density at radius 1 is 1.16 bits per heavy atom. The zero-order chi connectivity index (χ0) is 13.2. The molecule has 0 amide bonds. The molecule has 19 heavy (non-hydrogen) atoms. The Bertz CT molecular complexity index is 722. The molecule has 0 saturated carbocycles. The van der Waals surface area contributed by atoms with Crippen molar-refractivity contribution in [1.29, 1.82) is 0 Å². The van der Waals surface area contributed by atoms with Gasteiger partial charge in [-0.25, -0.2) is 0 Å². The van der Waals surface area contributed by atoms with Gasteiger partial charge in [-0.1, -0.05) is 29.8 Å². The number of hydrogen-bond donors (Lipinski definition) is 1. The number of nitrogens with zero attached hydrogens (tertiary/aromatic N) is 4. The van der Waals surface area contributed by atoms with Gasteiger partial charge in [-0.15, -0.1) is 15.3 Å². The van der Waals surface area contributed by atoms with Gasteiger partial charge in [-0.05, 0) is 30.7 Å². The van der Waals surface area contributed by atoms with Crippen LogP contribution in [-0.4, -0.2) is 19.8 Å². The highest BCUT2D eigenvalue weighted by Gasteiger charge is 2.04. The van der Waals surface area contributed by atoms with Gasteiger partial charge >= 0.3 is 0 Å². The van der Waals surface area contributed by atoms with Crippen LogP contribution in [0.1, 0.15) is 11.4 Å². The van der Waals surface area contributed by atoms with E-state index in [0.717, 1.165) is 27.9 Å². The zero-order valence-electron chi connectivity index (χ0n) is 10.3. The van der Waals surface area contributed by atoms with Crippen molar-refractivity contribution in [3.8, 4) is 0 Å². The van der Waals surface area contributed by atoms with Crippen molar-refractivity contribution in [2.45, 2.75) is 13.5 Å². The van der Waals surface area contributed by atoms with Crippen LogP contribution in [0.5, 0.6) is 0 Å². The quantitative estimate of drug-likeness (QED) is 0.797. The highest BCUT2D eigenvalue weighted by atomic mass is 35.5. The number of anilines is 1. The van der Waals surface area contributed by atoms with E-state index in [-0.39, 0.29) is 0 Å². The Morgan fingerprint density at radius 3 is 2.84 bits per heavy atom. The minimum Gasteiger partial charge on any atom is -0.364 e. The molecule has 0 aliphatic heterocycles. The van der Waals surface area contributed by atoms with Gasteiger partial charge in [-0.2, -0.15) is 4.52 Å². The van der Waals surface area contributed by atoms with Crippen LogP contribution in [0, 0.1) is 6.92 Å². The number of benzene rings is 1. The first-order valence-corrected chi connectivity index (χ1v) is 6.28. The number of aromatic nitrogens is 4. The largest absolute Gasteiger partial charge is 0.364 e. The molecule has 0 radical (unpaired) electrons. The molecule has 0 unspecified atom stereocenters. The molecule has 1 N–H and O–H groups in total. The van der Waals surface area contributed by atoms with Gasteiger partial charge in [0.1, 0.15) is 5.82 Å². The Balaban J connectivity index is 1.82. The molecule has 5 nitrogen and oxygen atoms in total. The van der Waals surface area contributed by atoms with Crippen molar-refractivity contribution < 1.29 is 0 Å². The van der Waals surface area contributed by atoms with Crippen molar-refractivity contribution in [3.05, 3.63) is 52.8 Å². The van der Waals surface area contributed by atoms with Crippen LogP contribution < -0.4 is 5.32 Å². The first-order valence-electron chi connectivity index (χ1n) is 5.90. The second kappa shape index (κ2) is 4.85. The molecule has 0 fully saturated rings. The summed E-state index contributed by atoms with van der Waals surface area (Å²) in [5.41, 5.74) is 1.77. The summed E-state index contributed by atoms with van der Waals surface area (Å²) in [6, 6.07) is 11.5. The smallest absolute Gasteiger partial charge is 0.178 e. The van der Waals surface area contributed by atoms with Crippen LogP contribution in [0.3, 0.4) is 0 Å². The number of rotatable bonds is 3. The predicted octanol–water partition coefficient (Wildman–Crippen LogP) is 2.70. The number of halogens is 1. The first-order chi connectivity index (χ1) is 9.24. The Kier molecular flexibility index (Phi) is 3.05. The maximum Gasteiger partial charge on any atom is 0.178 e. The molecule has 0 saturated heterocycles. The van der Waals surface area contributed by atoms with Crippen LogP contribution in [0.25, 0.3) is 5.65 Å². The second-order valence-corrected chi connectivity index (χ2v) is 4.59. The van der Waals surface area contributed by atoms with Gasteiger partial charge < -0.3 is 5.32 Å². The zero-order valence-corrected chi connectivity index (χ0v) is 11.1. The third-order valence-electron chi connectivity index (χ3n) is 2.84. The normalized spacial score (nSPS) is 10.8. The molecular weight excluding hydrogens is 262 g/mol. The van der Waals surface area contributed by atoms with E-state index >= 15 is 0 Å². The lowest BCUT2D eigenvalue weighted by molar-refractivity contribution is 0.871. The molecule has 96 valence electrons. The fourth-order valence-corrected chi connectivity index (χ4v) is 2.02. The summed E-state index contributed by atoms with van der Waals surface area (Å²) in [7, 11) is 0. The van der Waals surface area contributed by atoms with Gasteiger partial charge in [0.25, 0.3) is 0 Å². The molecule has 0 bridgehead atoms. The lowest BCUT2D eigenvalue weighted by Crippen LogP contribution is -2.05. The van der Waals surface area contributed by atoms with E-state index < -0.39 is 0 Å². The summed E-state index contributed by atoms with van der Waals surface area (Å²) in [6.07, 6.45) is 0. The van der Waals surface area contributed by atoms with E-state index in [4.69, 9.17) is 11.6 Å². The number of nitrogens with one attached hydrogen (secondary N) is 1. The van der Waals surface area contributed by atoms with Crippen molar-refractivity contribution in [2.75, 3.05) is 5.32 Å². The molecule has 0 spiro atoms. The Hall–Kier alpha value is -2.14. The lowest BCUT2D eigenvalue weighted by atomic mass is 10.2. The van der Waals surface area contributed by atoms with Gasteiger partial charge in [0, 0.05) is 11.6 Å². The maximum absolute atomic E-state index is 6.11. The maximum atomic E-state index is 6.11. The van der Waals surface area contributed by atoms with E-state index in [0.29, 0.717) is 6.54 Å². The SMILES string of the molecule is Cc1nnc2ccc(NCc3ccccc3Cl)nn12. The molecule has 6 heteroatoms. The van der Waals surface area contributed by atoms with Crippen molar-refractivity contribution in [1.82, 2.24) is 19.8 Å². The minimum absolute atomic E-state index is 0.624. The Morgan fingerprint density at radius 2 is 2.00 bits per heavy atom. The van der Waals surface area contributed by atoms with Crippen LogP contribution >= 0.6 is 11.6 Å². The summed E-state index contributed by atoms with van der Waals surface area (Å²) >= 11 is 6.11. The lowest BCUT2D eigenvalue weighted by Gasteiger charge is -2.07. The monoisotopic (exact) mass is 273 g/mol. The summed E-state index contributed by atoms with van der Waals surface area (Å²) in [6.45, 7) is 2.49. The third kappa shape index (κ3) is 2.37. The van der Waals surface area contributed by atoms with Gasteiger partial charge in [0.2, 0.25) is 0 Å².